The Hall–Kier alpha value is -2.50. The van der Waals surface area contributed by atoms with Gasteiger partial charge >= 0.3 is 0 Å². The van der Waals surface area contributed by atoms with E-state index in [2.05, 4.69) is 0 Å². The van der Waals surface area contributed by atoms with E-state index in [9.17, 15) is 40.2 Å². The van der Waals surface area contributed by atoms with Gasteiger partial charge in [-0.3, -0.25) is 9.59 Å². The third-order valence-electron chi connectivity index (χ3n) is 4.62. The average molecular weight is 382 g/mol. The molecule has 2 aliphatic rings. The Morgan fingerprint density at radius 1 is 1.04 bits per heavy atom. The van der Waals surface area contributed by atoms with Crippen LogP contribution in [-0.2, 0) is 9.53 Å². The predicted octanol–water partition coefficient (Wildman–Crippen LogP) is -1.37. The molecule has 1 saturated heterocycles. The molecule has 0 spiro atoms. The minimum Gasteiger partial charge on any atom is -0.507 e. The molecule has 1 aliphatic carbocycles. The minimum atomic E-state index is -1.73. The number of Topliss-reactive ketones (excluding diaryl/α,β-unsaturated/α-hetero) is 2. The normalized spacial score (nSPS) is 31.1. The molecule has 0 radical (unpaired) electrons. The van der Waals surface area contributed by atoms with E-state index in [-0.39, 0.29) is 16.9 Å². The first-order chi connectivity index (χ1) is 12.7. The zero-order chi connectivity index (χ0) is 20.0. The van der Waals surface area contributed by atoms with Crippen LogP contribution in [0.4, 0.5) is 0 Å². The summed E-state index contributed by atoms with van der Waals surface area (Å²) >= 11 is 0. The van der Waals surface area contributed by atoms with Crippen molar-refractivity contribution < 1.29 is 49.7 Å². The van der Waals surface area contributed by atoms with Crippen LogP contribution in [-0.4, -0.2) is 79.5 Å². The lowest BCUT2D eigenvalue weighted by Gasteiger charge is -2.39. The summed E-state index contributed by atoms with van der Waals surface area (Å²) in [5, 5.41) is 59.1. The lowest BCUT2D eigenvalue weighted by molar-refractivity contribution is -0.277. The van der Waals surface area contributed by atoms with Crippen LogP contribution in [0.15, 0.2) is 17.7 Å². The van der Waals surface area contributed by atoms with E-state index in [1.807, 2.05) is 0 Å². The van der Waals surface area contributed by atoms with Crippen LogP contribution in [0.25, 0.3) is 5.76 Å². The third-order valence-corrected chi connectivity index (χ3v) is 4.62. The Morgan fingerprint density at radius 3 is 2.33 bits per heavy atom. The Balaban J connectivity index is 1.96. The lowest BCUT2D eigenvalue weighted by Crippen LogP contribution is -2.60. The number of allylic oxidation sites excluding steroid dienone is 1. The summed E-state index contributed by atoms with van der Waals surface area (Å²) in [6, 6.07) is 2.40. The summed E-state index contributed by atoms with van der Waals surface area (Å²) in [4.78, 5) is 24.1. The van der Waals surface area contributed by atoms with Crippen molar-refractivity contribution in [3.05, 3.63) is 28.8 Å². The van der Waals surface area contributed by atoms with E-state index >= 15 is 0 Å². The molecule has 0 amide bonds. The molecule has 1 fully saturated rings. The molecule has 3 rings (SSSR count). The number of aliphatic hydroxyl groups excluding tert-OH is 5. The molecule has 5 atom stereocenters. The van der Waals surface area contributed by atoms with Gasteiger partial charge in [-0.25, -0.2) is 0 Å². The van der Waals surface area contributed by atoms with Crippen LogP contribution in [0.5, 0.6) is 11.5 Å². The van der Waals surface area contributed by atoms with Crippen LogP contribution >= 0.6 is 0 Å². The van der Waals surface area contributed by atoms with Gasteiger partial charge in [0.1, 0.15) is 30.2 Å². The number of rotatable bonds is 3. The Kier molecular flexibility index (Phi) is 4.93. The largest absolute Gasteiger partial charge is 0.507 e. The fourth-order valence-corrected chi connectivity index (χ4v) is 2.98. The summed E-state index contributed by atoms with van der Waals surface area (Å²) in [5.41, 5.74) is -0.685. The summed E-state index contributed by atoms with van der Waals surface area (Å²) in [6.45, 7) is 0.597. The quantitative estimate of drug-likeness (QED) is 0.342. The summed E-state index contributed by atoms with van der Waals surface area (Å²) in [7, 11) is 0. The van der Waals surface area contributed by atoms with Gasteiger partial charge in [-0.1, -0.05) is 0 Å². The molecule has 1 aromatic rings. The Labute approximate surface area is 152 Å². The number of carbonyl (C=O) groups excluding carboxylic acids is 2. The molecule has 0 aromatic heterocycles. The highest BCUT2D eigenvalue weighted by atomic mass is 16.7. The molecule has 3 unspecified atom stereocenters. The number of phenols is 1. The molecular weight excluding hydrogens is 364 g/mol. The first kappa shape index (κ1) is 19.3. The van der Waals surface area contributed by atoms with E-state index in [0.29, 0.717) is 0 Å². The number of ether oxygens (including phenoxy) is 2. The van der Waals surface area contributed by atoms with Crippen LogP contribution < -0.4 is 4.74 Å². The number of carbonyl (C=O) groups is 2. The number of aliphatic hydroxyl groups is 5. The van der Waals surface area contributed by atoms with Crippen molar-refractivity contribution in [3.63, 3.8) is 0 Å². The predicted molar refractivity (Wildman–Crippen MR) is 87.1 cm³/mol. The van der Waals surface area contributed by atoms with Crippen molar-refractivity contribution in [2.75, 3.05) is 6.61 Å². The van der Waals surface area contributed by atoms with Crippen LogP contribution in [0, 0.1) is 0 Å². The van der Waals surface area contributed by atoms with E-state index in [0.717, 1.165) is 0 Å². The van der Waals surface area contributed by atoms with Crippen molar-refractivity contribution >= 4 is 17.3 Å². The molecular formula is C17H18O10. The van der Waals surface area contributed by atoms with Crippen LogP contribution in [0.1, 0.15) is 22.8 Å². The van der Waals surface area contributed by atoms with E-state index < -0.39 is 66.0 Å². The van der Waals surface area contributed by atoms with Gasteiger partial charge in [0.05, 0.1) is 12.2 Å². The Morgan fingerprint density at radius 2 is 1.70 bits per heavy atom. The highest BCUT2D eigenvalue weighted by Crippen LogP contribution is 2.40. The van der Waals surface area contributed by atoms with Gasteiger partial charge in [-0.2, -0.15) is 0 Å². The highest BCUT2D eigenvalue weighted by Gasteiger charge is 2.45. The SMILES string of the molecule is CC1=C(O)c2ccc(O[C@@H]3OC(CO)[C@@H](O)C(O)C3O)c(O)c2C(=O)C1=O. The molecule has 146 valence electrons. The smallest absolute Gasteiger partial charge is 0.237 e. The molecule has 27 heavy (non-hydrogen) atoms. The van der Waals surface area contributed by atoms with Gasteiger partial charge in [-0.15, -0.1) is 0 Å². The number of phenolic OH excluding ortho intramolecular Hbond substituents is 1. The fourth-order valence-electron chi connectivity index (χ4n) is 2.98. The molecule has 10 nitrogen and oxygen atoms in total. The summed E-state index contributed by atoms with van der Waals surface area (Å²) < 4.78 is 10.5. The topological polar surface area (TPSA) is 174 Å². The number of benzene rings is 1. The van der Waals surface area contributed by atoms with Crippen molar-refractivity contribution in [1.29, 1.82) is 0 Å². The van der Waals surface area contributed by atoms with Gasteiger partial charge in [0, 0.05) is 11.1 Å². The summed E-state index contributed by atoms with van der Waals surface area (Å²) in [5.74, 6) is -3.62. The van der Waals surface area contributed by atoms with Crippen molar-refractivity contribution in [1.82, 2.24) is 0 Å². The number of fused-ring (bicyclic) bond motifs is 1. The Bertz CT molecular complexity index is 827. The van der Waals surface area contributed by atoms with Crippen molar-refractivity contribution in [2.24, 2.45) is 0 Å². The second-order valence-corrected chi connectivity index (χ2v) is 6.28. The number of hydrogen-bond donors (Lipinski definition) is 6. The number of aromatic hydroxyl groups is 1. The standard InChI is InChI=1S/C17H18O10/c1-5-10(19)6-2-3-7(12(21)9(6)14(23)11(5)20)26-17-16(25)15(24)13(22)8(4-18)27-17/h2-3,8,13,15-19,21-22,24-25H,4H2,1H3/t8?,13-,15?,16?,17-/m1/s1. The van der Waals surface area contributed by atoms with Crippen molar-refractivity contribution in [2.45, 2.75) is 37.6 Å². The fraction of sp³-hybridized carbons (Fsp3) is 0.412. The molecule has 1 aliphatic heterocycles. The van der Waals surface area contributed by atoms with Gasteiger partial charge in [0.15, 0.2) is 11.5 Å². The van der Waals surface area contributed by atoms with E-state index in [1.165, 1.54) is 19.1 Å². The molecule has 1 heterocycles. The molecule has 10 heteroatoms. The molecule has 0 bridgehead atoms. The first-order valence-corrected chi connectivity index (χ1v) is 8.01. The minimum absolute atomic E-state index is 0.0595. The third kappa shape index (κ3) is 2.97. The lowest BCUT2D eigenvalue weighted by atomic mass is 9.88. The van der Waals surface area contributed by atoms with E-state index in [4.69, 9.17) is 9.47 Å². The zero-order valence-electron chi connectivity index (χ0n) is 14.1. The molecule has 1 aromatic carbocycles. The van der Waals surface area contributed by atoms with Crippen LogP contribution in [0.3, 0.4) is 0 Å². The van der Waals surface area contributed by atoms with Gasteiger partial charge in [0.2, 0.25) is 17.9 Å². The van der Waals surface area contributed by atoms with Crippen LogP contribution in [0.2, 0.25) is 0 Å². The maximum absolute atomic E-state index is 12.2. The van der Waals surface area contributed by atoms with Gasteiger partial charge in [-0.05, 0) is 19.1 Å². The second kappa shape index (κ2) is 6.91. The second-order valence-electron chi connectivity index (χ2n) is 6.28. The number of ketones is 2. The zero-order valence-corrected chi connectivity index (χ0v) is 14.1. The highest BCUT2D eigenvalue weighted by molar-refractivity contribution is 6.52. The molecule has 6 N–H and O–H groups in total. The summed E-state index contributed by atoms with van der Waals surface area (Å²) in [6.07, 6.45) is -7.84. The maximum Gasteiger partial charge on any atom is 0.237 e. The average Bonchev–Trinajstić information content (AvgIpc) is 2.66. The first-order valence-electron chi connectivity index (χ1n) is 8.01. The maximum atomic E-state index is 12.2. The number of hydrogen-bond acceptors (Lipinski definition) is 10. The van der Waals surface area contributed by atoms with Crippen molar-refractivity contribution in [3.8, 4) is 11.5 Å². The van der Waals surface area contributed by atoms with E-state index in [1.54, 1.807) is 0 Å². The van der Waals surface area contributed by atoms with Gasteiger partial charge < -0.3 is 40.1 Å². The van der Waals surface area contributed by atoms with Gasteiger partial charge in [0.25, 0.3) is 0 Å². The monoisotopic (exact) mass is 382 g/mol. The molecule has 0 saturated carbocycles.